The normalized spacial score (nSPS) is 10.3. The summed E-state index contributed by atoms with van der Waals surface area (Å²) in [7, 11) is 1.62. The number of halogens is 3. The van der Waals surface area contributed by atoms with Crippen LogP contribution in [-0.4, -0.2) is 13.7 Å². The summed E-state index contributed by atoms with van der Waals surface area (Å²) in [5, 5.41) is 4.56. The van der Waals surface area contributed by atoms with Gasteiger partial charge in [0.1, 0.15) is 5.75 Å². The highest BCUT2D eigenvalue weighted by Gasteiger charge is 2.09. The van der Waals surface area contributed by atoms with Crippen molar-refractivity contribution in [2.24, 2.45) is 5.92 Å². The standard InChI is InChI=1S/C13H19Cl2NO.ClH/c1-9(2)4-5-16-8-10-6-11(14)7-12(15)13(10)17-3;/h6-7,9,16H,4-5,8H2,1-3H3;1H. The third-order valence-electron chi connectivity index (χ3n) is 2.50. The zero-order chi connectivity index (χ0) is 12.8. The van der Waals surface area contributed by atoms with Crippen LogP contribution in [0.15, 0.2) is 12.1 Å². The maximum absolute atomic E-state index is 6.06. The van der Waals surface area contributed by atoms with E-state index in [1.54, 1.807) is 13.2 Å². The Morgan fingerprint density at radius 3 is 2.50 bits per heavy atom. The molecule has 1 aromatic carbocycles. The van der Waals surface area contributed by atoms with Crippen molar-refractivity contribution < 1.29 is 4.74 Å². The van der Waals surface area contributed by atoms with Gasteiger partial charge in [0.15, 0.2) is 0 Å². The van der Waals surface area contributed by atoms with Crippen LogP contribution in [0.3, 0.4) is 0 Å². The average Bonchev–Trinajstić information content (AvgIpc) is 2.23. The van der Waals surface area contributed by atoms with Gasteiger partial charge in [-0.05, 0) is 31.0 Å². The summed E-state index contributed by atoms with van der Waals surface area (Å²) >= 11 is 12.0. The first-order valence-corrected chi connectivity index (χ1v) is 6.52. The first-order valence-electron chi connectivity index (χ1n) is 5.77. The molecule has 0 spiro atoms. The largest absolute Gasteiger partial charge is 0.495 e. The molecular formula is C13H20Cl3NO. The van der Waals surface area contributed by atoms with E-state index in [0.717, 1.165) is 25.1 Å². The van der Waals surface area contributed by atoms with Crippen molar-refractivity contribution in [1.82, 2.24) is 5.32 Å². The molecule has 0 atom stereocenters. The Hall–Kier alpha value is -0.150. The Labute approximate surface area is 125 Å². The number of rotatable bonds is 6. The van der Waals surface area contributed by atoms with E-state index >= 15 is 0 Å². The fourth-order valence-corrected chi connectivity index (χ4v) is 2.20. The first-order chi connectivity index (χ1) is 8.04. The van der Waals surface area contributed by atoms with Gasteiger partial charge in [-0.3, -0.25) is 0 Å². The molecule has 0 saturated carbocycles. The Morgan fingerprint density at radius 1 is 1.28 bits per heavy atom. The van der Waals surface area contributed by atoms with Crippen molar-refractivity contribution in [2.45, 2.75) is 26.8 Å². The van der Waals surface area contributed by atoms with Crippen molar-refractivity contribution >= 4 is 35.6 Å². The summed E-state index contributed by atoms with van der Waals surface area (Å²) in [4.78, 5) is 0. The molecule has 5 heteroatoms. The van der Waals surface area contributed by atoms with Gasteiger partial charge in [-0.2, -0.15) is 0 Å². The molecule has 0 heterocycles. The smallest absolute Gasteiger partial charge is 0.142 e. The third-order valence-corrected chi connectivity index (χ3v) is 3.00. The van der Waals surface area contributed by atoms with Crippen LogP contribution in [0, 0.1) is 5.92 Å². The van der Waals surface area contributed by atoms with Gasteiger partial charge < -0.3 is 10.1 Å². The molecule has 0 fully saturated rings. The van der Waals surface area contributed by atoms with Crippen LogP contribution in [0.4, 0.5) is 0 Å². The van der Waals surface area contributed by atoms with Gasteiger partial charge >= 0.3 is 0 Å². The van der Waals surface area contributed by atoms with Crippen molar-refractivity contribution in [2.75, 3.05) is 13.7 Å². The monoisotopic (exact) mass is 311 g/mol. The summed E-state index contributed by atoms with van der Waals surface area (Å²) < 4.78 is 5.28. The average molecular weight is 313 g/mol. The Morgan fingerprint density at radius 2 is 1.94 bits per heavy atom. The van der Waals surface area contributed by atoms with Gasteiger partial charge in [-0.1, -0.05) is 37.0 Å². The van der Waals surface area contributed by atoms with Crippen molar-refractivity contribution in [3.63, 3.8) is 0 Å². The second kappa shape index (κ2) is 8.87. The van der Waals surface area contributed by atoms with E-state index < -0.39 is 0 Å². The van der Waals surface area contributed by atoms with Gasteiger partial charge in [0.2, 0.25) is 0 Å². The van der Waals surface area contributed by atoms with Crippen LogP contribution >= 0.6 is 35.6 Å². The highest BCUT2D eigenvalue weighted by molar-refractivity contribution is 6.35. The van der Waals surface area contributed by atoms with Crippen molar-refractivity contribution in [1.29, 1.82) is 0 Å². The molecule has 0 radical (unpaired) electrons. The van der Waals surface area contributed by atoms with Gasteiger partial charge in [0.05, 0.1) is 12.1 Å². The van der Waals surface area contributed by atoms with Gasteiger partial charge in [-0.15, -0.1) is 12.4 Å². The SMILES string of the molecule is COc1c(Cl)cc(Cl)cc1CNCCC(C)C.Cl. The number of methoxy groups -OCH3 is 1. The van der Waals surface area contributed by atoms with E-state index in [0.29, 0.717) is 21.7 Å². The predicted molar refractivity (Wildman–Crippen MR) is 81.4 cm³/mol. The lowest BCUT2D eigenvalue weighted by atomic mass is 10.1. The molecule has 0 bridgehead atoms. The van der Waals surface area contributed by atoms with Crippen molar-refractivity contribution in [3.05, 3.63) is 27.7 Å². The highest BCUT2D eigenvalue weighted by Crippen LogP contribution is 2.31. The highest BCUT2D eigenvalue weighted by atomic mass is 35.5. The lowest BCUT2D eigenvalue weighted by Gasteiger charge is -2.12. The molecule has 1 N–H and O–H groups in total. The molecule has 104 valence electrons. The van der Waals surface area contributed by atoms with Crippen LogP contribution < -0.4 is 10.1 Å². The maximum Gasteiger partial charge on any atom is 0.142 e. The summed E-state index contributed by atoms with van der Waals surface area (Å²) in [6.45, 7) is 6.11. The topological polar surface area (TPSA) is 21.3 Å². The zero-order valence-corrected chi connectivity index (χ0v) is 13.3. The molecule has 0 amide bonds. The molecule has 0 aliphatic rings. The molecule has 18 heavy (non-hydrogen) atoms. The summed E-state index contributed by atoms with van der Waals surface area (Å²) in [5.74, 6) is 1.40. The second-order valence-electron chi connectivity index (χ2n) is 4.44. The molecule has 0 unspecified atom stereocenters. The molecule has 1 aromatic rings. The number of ether oxygens (including phenoxy) is 1. The lowest BCUT2D eigenvalue weighted by molar-refractivity contribution is 0.407. The van der Waals surface area contributed by atoms with Crippen LogP contribution in [0.25, 0.3) is 0 Å². The quantitative estimate of drug-likeness (QED) is 0.778. The summed E-state index contributed by atoms with van der Waals surface area (Å²) in [6, 6.07) is 3.58. The molecule has 0 aliphatic carbocycles. The van der Waals surface area contributed by atoms with E-state index in [1.807, 2.05) is 6.07 Å². The molecule has 0 aliphatic heterocycles. The minimum absolute atomic E-state index is 0. The predicted octanol–water partition coefficient (Wildman–Crippen LogP) is 4.56. The Bertz CT molecular complexity index is 369. The van der Waals surface area contributed by atoms with Gasteiger partial charge in [0.25, 0.3) is 0 Å². The van der Waals surface area contributed by atoms with Crippen LogP contribution in [-0.2, 0) is 6.54 Å². The van der Waals surface area contributed by atoms with Gasteiger partial charge in [-0.25, -0.2) is 0 Å². The van der Waals surface area contributed by atoms with E-state index in [2.05, 4.69) is 19.2 Å². The molecule has 0 aromatic heterocycles. The minimum Gasteiger partial charge on any atom is -0.495 e. The lowest BCUT2D eigenvalue weighted by Crippen LogP contribution is -2.16. The van der Waals surface area contributed by atoms with Crippen LogP contribution in [0.5, 0.6) is 5.75 Å². The fraction of sp³-hybridized carbons (Fsp3) is 0.538. The minimum atomic E-state index is 0. The Kier molecular flexibility index (Phi) is 8.79. The third kappa shape index (κ3) is 5.66. The number of hydrogen-bond donors (Lipinski definition) is 1. The van der Waals surface area contributed by atoms with E-state index in [9.17, 15) is 0 Å². The maximum atomic E-state index is 6.06. The van der Waals surface area contributed by atoms with E-state index in [-0.39, 0.29) is 12.4 Å². The summed E-state index contributed by atoms with van der Waals surface area (Å²) in [6.07, 6.45) is 1.15. The fourth-order valence-electron chi connectivity index (χ4n) is 1.59. The number of hydrogen-bond acceptors (Lipinski definition) is 2. The van der Waals surface area contributed by atoms with Crippen LogP contribution in [0.2, 0.25) is 10.0 Å². The van der Waals surface area contributed by atoms with Crippen molar-refractivity contribution in [3.8, 4) is 5.75 Å². The molecule has 0 saturated heterocycles. The second-order valence-corrected chi connectivity index (χ2v) is 5.28. The van der Waals surface area contributed by atoms with E-state index in [1.165, 1.54) is 0 Å². The number of nitrogens with one attached hydrogen (secondary N) is 1. The van der Waals surface area contributed by atoms with E-state index in [4.69, 9.17) is 27.9 Å². The first kappa shape index (κ1) is 17.8. The molecule has 1 rings (SSSR count). The molecule has 2 nitrogen and oxygen atoms in total. The zero-order valence-electron chi connectivity index (χ0n) is 10.9. The summed E-state index contributed by atoms with van der Waals surface area (Å²) in [5.41, 5.74) is 0.994. The van der Waals surface area contributed by atoms with Crippen LogP contribution in [0.1, 0.15) is 25.8 Å². The molecular weight excluding hydrogens is 293 g/mol. The Balaban J connectivity index is 0.00000289. The number of benzene rings is 1. The van der Waals surface area contributed by atoms with Gasteiger partial charge in [0, 0.05) is 17.1 Å².